The molecular weight excluding hydrogens is 178 g/mol. The van der Waals surface area contributed by atoms with E-state index >= 15 is 0 Å². The highest BCUT2D eigenvalue weighted by molar-refractivity contribution is 5.58. The molecule has 0 saturated carbocycles. The quantitative estimate of drug-likeness (QED) is 0.747. The molecule has 2 aromatic rings. The second-order valence-electron chi connectivity index (χ2n) is 3.38. The van der Waals surface area contributed by atoms with E-state index in [1.807, 2.05) is 32.0 Å². The van der Waals surface area contributed by atoms with E-state index in [9.17, 15) is 4.79 Å². The van der Waals surface area contributed by atoms with Gasteiger partial charge in [0.1, 0.15) is 0 Å². The van der Waals surface area contributed by atoms with Gasteiger partial charge in [-0.3, -0.25) is 4.79 Å². The summed E-state index contributed by atoms with van der Waals surface area (Å²) in [6.45, 7) is 4.08. The van der Waals surface area contributed by atoms with E-state index in [4.69, 9.17) is 4.52 Å². The Morgan fingerprint density at radius 2 is 1.93 bits per heavy atom. The van der Waals surface area contributed by atoms with Gasteiger partial charge in [-0.2, -0.15) is 5.16 Å². The molecule has 0 amide bonds. The normalized spacial score (nSPS) is 10.4. The summed E-state index contributed by atoms with van der Waals surface area (Å²) in [7, 11) is 0. The molecule has 14 heavy (non-hydrogen) atoms. The number of hydrogen-bond donors (Lipinski definition) is 1. The molecule has 1 aromatic carbocycles. The number of rotatable bonds is 1. The number of H-pyrrole nitrogens is 1. The molecular formula is C11H11NO2. The lowest BCUT2D eigenvalue weighted by Gasteiger charge is -2.01. The topological polar surface area (TPSA) is 46.0 Å². The SMILES string of the molecule is Cc1ccc(-c2cc(=O)[nH]o2)cc1C. The van der Waals surface area contributed by atoms with Crippen molar-refractivity contribution in [3.63, 3.8) is 0 Å². The lowest BCUT2D eigenvalue weighted by atomic mass is 10.1. The molecule has 3 nitrogen and oxygen atoms in total. The van der Waals surface area contributed by atoms with Crippen LogP contribution in [0, 0.1) is 13.8 Å². The Morgan fingerprint density at radius 3 is 2.50 bits per heavy atom. The van der Waals surface area contributed by atoms with Crippen molar-refractivity contribution in [2.45, 2.75) is 13.8 Å². The van der Waals surface area contributed by atoms with Crippen LogP contribution in [0.3, 0.4) is 0 Å². The van der Waals surface area contributed by atoms with Gasteiger partial charge in [-0.1, -0.05) is 12.1 Å². The summed E-state index contributed by atoms with van der Waals surface area (Å²) in [5.74, 6) is 0.582. The van der Waals surface area contributed by atoms with Gasteiger partial charge in [0, 0.05) is 5.56 Å². The molecule has 0 aliphatic heterocycles. The maximum Gasteiger partial charge on any atom is 0.280 e. The van der Waals surface area contributed by atoms with E-state index in [1.54, 1.807) is 0 Å². The van der Waals surface area contributed by atoms with Gasteiger partial charge in [0.2, 0.25) is 0 Å². The Balaban J connectivity index is 2.52. The lowest BCUT2D eigenvalue weighted by Crippen LogP contribution is -1.92. The molecule has 0 spiro atoms. The van der Waals surface area contributed by atoms with Gasteiger partial charge in [-0.25, -0.2) is 0 Å². The zero-order chi connectivity index (χ0) is 10.1. The first-order valence-corrected chi connectivity index (χ1v) is 4.43. The summed E-state index contributed by atoms with van der Waals surface area (Å²) in [5.41, 5.74) is 3.13. The Kier molecular flexibility index (Phi) is 2.00. The molecule has 0 radical (unpaired) electrons. The van der Waals surface area contributed by atoms with Gasteiger partial charge in [0.05, 0.1) is 6.07 Å². The van der Waals surface area contributed by atoms with Gasteiger partial charge in [0.25, 0.3) is 5.56 Å². The van der Waals surface area contributed by atoms with Crippen LogP contribution in [0.2, 0.25) is 0 Å². The molecule has 0 unspecified atom stereocenters. The summed E-state index contributed by atoms with van der Waals surface area (Å²) < 4.78 is 5.01. The van der Waals surface area contributed by atoms with Gasteiger partial charge >= 0.3 is 0 Å². The minimum atomic E-state index is -0.210. The molecule has 1 heterocycles. The molecule has 3 heteroatoms. The summed E-state index contributed by atoms with van der Waals surface area (Å²) >= 11 is 0. The highest BCUT2D eigenvalue weighted by Gasteiger charge is 2.04. The Morgan fingerprint density at radius 1 is 1.14 bits per heavy atom. The van der Waals surface area contributed by atoms with Crippen molar-refractivity contribution in [2.24, 2.45) is 0 Å². The molecule has 1 N–H and O–H groups in total. The average molecular weight is 189 g/mol. The molecule has 72 valence electrons. The monoisotopic (exact) mass is 189 g/mol. The molecule has 0 aliphatic carbocycles. The minimum Gasteiger partial charge on any atom is -0.378 e. The van der Waals surface area contributed by atoms with Crippen molar-refractivity contribution in [3.05, 3.63) is 45.7 Å². The molecule has 1 aromatic heterocycles. The molecule has 0 saturated heterocycles. The largest absolute Gasteiger partial charge is 0.378 e. The lowest BCUT2D eigenvalue weighted by molar-refractivity contribution is 0.426. The molecule has 0 fully saturated rings. The van der Waals surface area contributed by atoms with Crippen LogP contribution >= 0.6 is 0 Å². The average Bonchev–Trinajstić information content (AvgIpc) is 2.57. The third-order valence-electron chi connectivity index (χ3n) is 2.32. The van der Waals surface area contributed by atoms with Crippen molar-refractivity contribution in [2.75, 3.05) is 0 Å². The first-order chi connectivity index (χ1) is 6.66. The summed E-state index contributed by atoms with van der Waals surface area (Å²) in [6, 6.07) is 7.40. The van der Waals surface area contributed by atoms with Crippen LogP contribution in [0.5, 0.6) is 0 Å². The molecule has 0 atom stereocenters. The molecule has 0 aliphatic rings. The van der Waals surface area contributed by atoms with Crippen LogP contribution in [0.15, 0.2) is 33.6 Å². The highest BCUT2D eigenvalue weighted by Crippen LogP contribution is 2.20. The standard InChI is InChI=1S/C11H11NO2/c1-7-3-4-9(5-8(7)2)10-6-11(13)12-14-10/h3-6H,1-2H3,(H,12,13). The van der Waals surface area contributed by atoms with Crippen molar-refractivity contribution < 1.29 is 4.52 Å². The summed E-state index contributed by atoms with van der Waals surface area (Å²) in [6.07, 6.45) is 0. The van der Waals surface area contributed by atoms with Crippen molar-refractivity contribution in [1.82, 2.24) is 5.16 Å². The van der Waals surface area contributed by atoms with Gasteiger partial charge in [-0.05, 0) is 31.0 Å². The van der Waals surface area contributed by atoms with Crippen LogP contribution in [-0.2, 0) is 0 Å². The summed E-state index contributed by atoms with van der Waals surface area (Å²) in [4.78, 5) is 10.9. The minimum absolute atomic E-state index is 0.210. The third-order valence-corrected chi connectivity index (χ3v) is 2.32. The van der Waals surface area contributed by atoms with E-state index in [0.29, 0.717) is 5.76 Å². The number of hydrogen-bond acceptors (Lipinski definition) is 2. The smallest absolute Gasteiger partial charge is 0.280 e. The van der Waals surface area contributed by atoms with Gasteiger partial charge < -0.3 is 4.52 Å². The predicted molar refractivity (Wildman–Crippen MR) is 54.2 cm³/mol. The maximum atomic E-state index is 10.9. The van der Waals surface area contributed by atoms with Crippen LogP contribution in [0.1, 0.15) is 11.1 Å². The van der Waals surface area contributed by atoms with Gasteiger partial charge in [0.15, 0.2) is 5.76 Å². The van der Waals surface area contributed by atoms with E-state index < -0.39 is 0 Å². The summed E-state index contributed by atoms with van der Waals surface area (Å²) in [5, 5.41) is 2.27. The fourth-order valence-electron chi connectivity index (χ4n) is 1.32. The maximum absolute atomic E-state index is 10.9. The first kappa shape index (κ1) is 8.81. The van der Waals surface area contributed by atoms with E-state index in [1.165, 1.54) is 17.2 Å². The fourth-order valence-corrected chi connectivity index (χ4v) is 1.32. The zero-order valence-corrected chi connectivity index (χ0v) is 8.13. The van der Waals surface area contributed by atoms with Crippen LogP contribution in [-0.4, -0.2) is 5.16 Å². The molecule has 2 rings (SSSR count). The van der Waals surface area contributed by atoms with Crippen LogP contribution in [0.25, 0.3) is 11.3 Å². The predicted octanol–water partition coefficient (Wildman–Crippen LogP) is 2.25. The van der Waals surface area contributed by atoms with Crippen LogP contribution in [0.4, 0.5) is 0 Å². The third kappa shape index (κ3) is 1.48. The highest BCUT2D eigenvalue weighted by atomic mass is 16.5. The first-order valence-electron chi connectivity index (χ1n) is 4.43. The van der Waals surface area contributed by atoms with E-state index in [2.05, 4.69) is 5.16 Å². The molecule has 0 bridgehead atoms. The van der Waals surface area contributed by atoms with E-state index in [0.717, 1.165) is 5.56 Å². The fraction of sp³-hybridized carbons (Fsp3) is 0.182. The number of benzene rings is 1. The van der Waals surface area contributed by atoms with Crippen molar-refractivity contribution >= 4 is 0 Å². The Bertz CT molecular complexity index is 508. The van der Waals surface area contributed by atoms with Gasteiger partial charge in [-0.15, -0.1) is 0 Å². The Hall–Kier alpha value is -1.77. The van der Waals surface area contributed by atoms with Crippen molar-refractivity contribution in [3.8, 4) is 11.3 Å². The Labute approximate surface area is 81.3 Å². The number of aromatic nitrogens is 1. The van der Waals surface area contributed by atoms with Crippen LogP contribution < -0.4 is 5.56 Å². The van der Waals surface area contributed by atoms with Crippen molar-refractivity contribution in [1.29, 1.82) is 0 Å². The second kappa shape index (κ2) is 3.18. The number of aromatic amines is 1. The van der Waals surface area contributed by atoms with E-state index in [-0.39, 0.29) is 5.56 Å². The number of aryl methyl sites for hydroxylation is 2. The number of nitrogens with one attached hydrogen (secondary N) is 1. The zero-order valence-electron chi connectivity index (χ0n) is 8.13. The second-order valence-corrected chi connectivity index (χ2v) is 3.38.